The summed E-state index contributed by atoms with van der Waals surface area (Å²) in [5, 5.41) is 6.93. The van der Waals surface area contributed by atoms with E-state index in [1.807, 2.05) is 55.5 Å². The van der Waals surface area contributed by atoms with Gasteiger partial charge >= 0.3 is 0 Å². The number of fused-ring (bicyclic) bond motifs is 1. The average Bonchev–Trinajstić information content (AvgIpc) is 2.60. The minimum atomic E-state index is -0.283. The molecule has 0 fully saturated rings. The molecule has 1 amide bonds. The molecule has 0 radical (unpaired) electrons. The van der Waals surface area contributed by atoms with Crippen molar-refractivity contribution in [3.05, 3.63) is 76.6 Å². The fourth-order valence-corrected chi connectivity index (χ4v) is 2.57. The summed E-state index contributed by atoms with van der Waals surface area (Å²) in [6.45, 7) is 2.51. The molecule has 0 spiro atoms. The molecule has 0 aliphatic carbocycles. The molecule has 0 aliphatic rings. The summed E-state index contributed by atoms with van der Waals surface area (Å²) in [4.78, 5) is 27.0. The lowest BCUT2D eigenvalue weighted by Crippen LogP contribution is -2.37. The van der Waals surface area contributed by atoms with Crippen LogP contribution in [0, 0.1) is 0 Å². The number of aromatic amines is 1. The zero-order valence-electron chi connectivity index (χ0n) is 13.4. The fraction of sp³-hybridized carbons (Fsp3) is 0.158. The van der Waals surface area contributed by atoms with E-state index < -0.39 is 0 Å². The Labute approximate surface area is 139 Å². The summed E-state index contributed by atoms with van der Waals surface area (Å²) in [6.07, 6.45) is 0. The Hall–Kier alpha value is -3.08. The van der Waals surface area contributed by atoms with Gasteiger partial charge in [0.1, 0.15) is 0 Å². The van der Waals surface area contributed by atoms with E-state index in [0.29, 0.717) is 17.6 Å². The van der Waals surface area contributed by atoms with Crippen molar-refractivity contribution < 1.29 is 4.79 Å². The number of benzene rings is 2. The zero-order chi connectivity index (χ0) is 16.9. The summed E-state index contributed by atoms with van der Waals surface area (Å²) in [6, 6.07) is 18.3. The van der Waals surface area contributed by atoms with Crippen molar-refractivity contribution in [2.75, 3.05) is 11.9 Å². The maximum Gasteiger partial charge on any atom is 0.252 e. The van der Waals surface area contributed by atoms with Crippen molar-refractivity contribution in [2.24, 2.45) is 0 Å². The van der Waals surface area contributed by atoms with Gasteiger partial charge in [0.05, 0.1) is 5.56 Å². The van der Waals surface area contributed by atoms with Crippen LogP contribution in [0.25, 0.3) is 10.9 Å². The molecule has 1 aromatic heterocycles. The molecular formula is C19H19N3O2. The second kappa shape index (κ2) is 7.00. The van der Waals surface area contributed by atoms with E-state index in [1.54, 1.807) is 6.07 Å². The molecule has 0 saturated carbocycles. The van der Waals surface area contributed by atoms with Gasteiger partial charge in [0.2, 0.25) is 5.56 Å². The van der Waals surface area contributed by atoms with Gasteiger partial charge < -0.3 is 15.6 Å². The molecule has 0 saturated heterocycles. The number of aromatic nitrogens is 1. The van der Waals surface area contributed by atoms with Crippen LogP contribution in [0.4, 0.5) is 5.69 Å². The predicted octanol–water partition coefficient (Wildman–Crippen LogP) is 2.76. The fourth-order valence-electron chi connectivity index (χ4n) is 2.57. The van der Waals surface area contributed by atoms with Crippen molar-refractivity contribution in [1.82, 2.24) is 10.3 Å². The molecule has 0 aliphatic heterocycles. The Morgan fingerprint density at radius 1 is 1.08 bits per heavy atom. The first-order valence-corrected chi connectivity index (χ1v) is 7.85. The number of amides is 1. The van der Waals surface area contributed by atoms with Gasteiger partial charge in [-0.25, -0.2) is 0 Å². The van der Waals surface area contributed by atoms with E-state index in [9.17, 15) is 9.59 Å². The lowest BCUT2D eigenvalue weighted by atomic mass is 10.1. The standard InChI is InChI=1S/C19H19N3O2/c1-13(12-20-14-7-3-2-4-8-14)21-19(24)16-11-18(23)22-17-10-6-5-9-15(16)17/h2-11,13,20H,12H2,1H3,(H,21,24)(H,22,23)/t13-/m0/s1. The summed E-state index contributed by atoms with van der Waals surface area (Å²) in [5.74, 6) is -0.250. The number of carbonyl (C=O) groups is 1. The van der Waals surface area contributed by atoms with Crippen molar-refractivity contribution >= 4 is 22.5 Å². The third kappa shape index (κ3) is 3.63. The minimum absolute atomic E-state index is 0.0873. The Morgan fingerprint density at radius 3 is 2.58 bits per heavy atom. The van der Waals surface area contributed by atoms with Crippen molar-refractivity contribution in [1.29, 1.82) is 0 Å². The number of hydrogen-bond donors (Lipinski definition) is 3. The number of para-hydroxylation sites is 2. The third-order valence-corrected chi connectivity index (χ3v) is 3.76. The molecule has 5 nitrogen and oxygen atoms in total. The van der Waals surface area contributed by atoms with Crippen LogP contribution < -0.4 is 16.2 Å². The molecule has 3 aromatic rings. The average molecular weight is 321 g/mol. The van der Waals surface area contributed by atoms with E-state index in [-0.39, 0.29) is 17.5 Å². The normalized spacial score (nSPS) is 11.9. The number of pyridine rings is 1. The SMILES string of the molecule is C[C@@H](CNc1ccccc1)NC(=O)c1cc(=O)[nH]c2ccccc12. The van der Waals surface area contributed by atoms with Crippen LogP contribution in [-0.2, 0) is 0 Å². The molecule has 0 unspecified atom stereocenters. The summed E-state index contributed by atoms with van der Waals surface area (Å²) in [5.41, 5.74) is 1.76. The molecule has 5 heteroatoms. The Bertz CT molecular complexity index is 903. The van der Waals surface area contributed by atoms with E-state index in [4.69, 9.17) is 0 Å². The highest BCUT2D eigenvalue weighted by Gasteiger charge is 2.14. The maximum absolute atomic E-state index is 12.5. The molecule has 3 rings (SSSR count). The molecule has 2 aromatic carbocycles. The van der Waals surface area contributed by atoms with Gasteiger partial charge in [-0.15, -0.1) is 0 Å². The van der Waals surface area contributed by atoms with E-state index >= 15 is 0 Å². The molecule has 24 heavy (non-hydrogen) atoms. The van der Waals surface area contributed by atoms with E-state index in [1.165, 1.54) is 6.07 Å². The first kappa shape index (κ1) is 15.8. The van der Waals surface area contributed by atoms with Gasteiger partial charge in [-0.3, -0.25) is 9.59 Å². The Kier molecular flexibility index (Phi) is 4.61. The summed E-state index contributed by atoms with van der Waals surface area (Å²) < 4.78 is 0. The minimum Gasteiger partial charge on any atom is -0.383 e. The quantitative estimate of drug-likeness (QED) is 0.676. The highest BCUT2D eigenvalue weighted by atomic mass is 16.2. The predicted molar refractivity (Wildman–Crippen MR) is 96.4 cm³/mol. The second-order valence-electron chi connectivity index (χ2n) is 5.71. The van der Waals surface area contributed by atoms with E-state index in [2.05, 4.69) is 15.6 Å². The largest absolute Gasteiger partial charge is 0.383 e. The number of carbonyl (C=O) groups excluding carboxylic acids is 1. The van der Waals surface area contributed by atoms with Gasteiger partial charge in [-0.1, -0.05) is 36.4 Å². The lowest BCUT2D eigenvalue weighted by Gasteiger charge is -2.16. The van der Waals surface area contributed by atoms with Crippen LogP contribution in [0.1, 0.15) is 17.3 Å². The number of hydrogen-bond acceptors (Lipinski definition) is 3. The molecule has 122 valence electrons. The van der Waals surface area contributed by atoms with Gasteiger partial charge in [0, 0.05) is 35.2 Å². The van der Waals surface area contributed by atoms with Crippen LogP contribution in [0.2, 0.25) is 0 Å². The highest BCUT2D eigenvalue weighted by Crippen LogP contribution is 2.14. The van der Waals surface area contributed by atoms with Gasteiger partial charge in [-0.05, 0) is 25.1 Å². The zero-order valence-corrected chi connectivity index (χ0v) is 13.4. The van der Waals surface area contributed by atoms with Gasteiger partial charge in [0.25, 0.3) is 5.91 Å². The van der Waals surface area contributed by atoms with Crippen LogP contribution in [0.5, 0.6) is 0 Å². The van der Waals surface area contributed by atoms with E-state index in [0.717, 1.165) is 11.1 Å². The molecule has 3 N–H and O–H groups in total. The molecule has 1 atom stereocenters. The molecular weight excluding hydrogens is 302 g/mol. The highest BCUT2D eigenvalue weighted by molar-refractivity contribution is 6.06. The first-order chi connectivity index (χ1) is 11.6. The number of rotatable bonds is 5. The Balaban J connectivity index is 1.72. The summed E-state index contributed by atoms with van der Waals surface area (Å²) >= 11 is 0. The Morgan fingerprint density at radius 2 is 1.79 bits per heavy atom. The smallest absolute Gasteiger partial charge is 0.252 e. The van der Waals surface area contributed by atoms with Crippen molar-refractivity contribution in [2.45, 2.75) is 13.0 Å². The van der Waals surface area contributed by atoms with Crippen molar-refractivity contribution in [3.63, 3.8) is 0 Å². The van der Waals surface area contributed by atoms with Crippen LogP contribution in [-0.4, -0.2) is 23.5 Å². The lowest BCUT2D eigenvalue weighted by molar-refractivity contribution is 0.0943. The van der Waals surface area contributed by atoms with Gasteiger partial charge in [0.15, 0.2) is 0 Å². The topological polar surface area (TPSA) is 74.0 Å². The monoisotopic (exact) mass is 321 g/mol. The molecule has 1 heterocycles. The van der Waals surface area contributed by atoms with Crippen LogP contribution in [0.15, 0.2) is 65.5 Å². The van der Waals surface area contributed by atoms with Crippen LogP contribution in [0.3, 0.4) is 0 Å². The third-order valence-electron chi connectivity index (χ3n) is 3.76. The van der Waals surface area contributed by atoms with Crippen molar-refractivity contribution in [3.8, 4) is 0 Å². The number of anilines is 1. The first-order valence-electron chi connectivity index (χ1n) is 7.85. The summed E-state index contributed by atoms with van der Waals surface area (Å²) in [7, 11) is 0. The maximum atomic E-state index is 12.5. The second-order valence-corrected chi connectivity index (χ2v) is 5.71. The number of H-pyrrole nitrogens is 1. The number of nitrogens with one attached hydrogen (secondary N) is 3. The molecule has 0 bridgehead atoms. The van der Waals surface area contributed by atoms with Gasteiger partial charge in [-0.2, -0.15) is 0 Å². The van der Waals surface area contributed by atoms with Crippen LogP contribution >= 0.6 is 0 Å².